The highest BCUT2D eigenvalue weighted by molar-refractivity contribution is 7.89. The Labute approximate surface area is 120 Å². The van der Waals surface area contributed by atoms with E-state index in [0.717, 1.165) is 26.2 Å². The van der Waals surface area contributed by atoms with Crippen LogP contribution in [0.2, 0.25) is 0 Å². The number of nitrogens with two attached hydrogens (primary N) is 1. The van der Waals surface area contributed by atoms with Crippen LogP contribution in [0.3, 0.4) is 0 Å². The van der Waals surface area contributed by atoms with E-state index in [9.17, 15) is 8.42 Å². The van der Waals surface area contributed by atoms with Crippen molar-refractivity contribution in [1.29, 1.82) is 0 Å². The Morgan fingerprint density at radius 1 is 1.40 bits per heavy atom. The Balaban J connectivity index is 1.79. The minimum absolute atomic E-state index is 0.0979. The summed E-state index contributed by atoms with van der Waals surface area (Å²) in [6.45, 7) is 6.67. The van der Waals surface area contributed by atoms with E-state index in [-0.39, 0.29) is 4.90 Å². The van der Waals surface area contributed by atoms with Gasteiger partial charge in [0.05, 0.1) is 4.90 Å². The number of ether oxygens (including phenoxy) is 1. The van der Waals surface area contributed by atoms with Crippen molar-refractivity contribution in [2.24, 2.45) is 5.14 Å². The molecule has 112 valence electrons. The van der Waals surface area contributed by atoms with Gasteiger partial charge in [-0.1, -0.05) is 0 Å². The highest BCUT2D eigenvalue weighted by Gasteiger charge is 2.14. The van der Waals surface area contributed by atoms with Crippen molar-refractivity contribution in [2.45, 2.75) is 17.9 Å². The van der Waals surface area contributed by atoms with E-state index in [1.165, 1.54) is 12.1 Å². The maximum atomic E-state index is 11.1. The largest absolute Gasteiger partial charge is 0.492 e. The van der Waals surface area contributed by atoms with Crippen molar-refractivity contribution in [3.8, 4) is 5.75 Å². The van der Waals surface area contributed by atoms with E-state index in [2.05, 4.69) is 17.1 Å². The molecule has 0 bridgehead atoms. The van der Waals surface area contributed by atoms with Crippen molar-refractivity contribution >= 4 is 10.0 Å². The summed E-state index contributed by atoms with van der Waals surface area (Å²) in [5, 5.41) is 8.43. The minimum Gasteiger partial charge on any atom is -0.492 e. The van der Waals surface area contributed by atoms with Gasteiger partial charge >= 0.3 is 0 Å². The molecule has 0 spiro atoms. The molecule has 6 nitrogen and oxygen atoms in total. The zero-order valence-corrected chi connectivity index (χ0v) is 12.4. The van der Waals surface area contributed by atoms with Crippen LogP contribution in [0.1, 0.15) is 6.92 Å². The minimum atomic E-state index is -3.63. The summed E-state index contributed by atoms with van der Waals surface area (Å²) < 4.78 is 27.9. The summed E-state index contributed by atoms with van der Waals surface area (Å²) in [7, 11) is -3.63. The highest BCUT2D eigenvalue weighted by Crippen LogP contribution is 2.14. The summed E-state index contributed by atoms with van der Waals surface area (Å²) in [4.78, 5) is 2.45. The van der Waals surface area contributed by atoms with Crippen molar-refractivity contribution in [3.05, 3.63) is 24.3 Å². The van der Waals surface area contributed by atoms with Gasteiger partial charge in [-0.3, -0.25) is 4.90 Å². The first-order valence-electron chi connectivity index (χ1n) is 6.66. The fourth-order valence-corrected chi connectivity index (χ4v) is 2.75. The lowest BCUT2D eigenvalue weighted by atomic mass is 10.2. The van der Waals surface area contributed by atoms with Crippen LogP contribution in [0.15, 0.2) is 29.2 Å². The summed E-state index contributed by atoms with van der Waals surface area (Å²) in [5.41, 5.74) is 0. The molecule has 0 saturated carbocycles. The Morgan fingerprint density at radius 2 is 2.10 bits per heavy atom. The number of hydrogen-bond donors (Lipinski definition) is 2. The molecule has 1 fully saturated rings. The number of piperazine rings is 1. The molecule has 1 heterocycles. The monoisotopic (exact) mass is 299 g/mol. The summed E-state index contributed by atoms with van der Waals surface area (Å²) >= 11 is 0. The van der Waals surface area contributed by atoms with Gasteiger partial charge < -0.3 is 10.1 Å². The third-order valence-electron chi connectivity index (χ3n) is 3.28. The van der Waals surface area contributed by atoms with Crippen molar-refractivity contribution in [3.63, 3.8) is 0 Å². The van der Waals surface area contributed by atoms with Crippen LogP contribution in [0.25, 0.3) is 0 Å². The lowest BCUT2D eigenvalue weighted by Crippen LogP contribution is -2.50. The zero-order valence-electron chi connectivity index (χ0n) is 11.6. The molecule has 1 aromatic rings. The number of hydrogen-bond acceptors (Lipinski definition) is 5. The average Bonchev–Trinajstić information content (AvgIpc) is 2.38. The highest BCUT2D eigenvalue weighted by atomic mass is 32.2. The number of nitrogens with one attached hydrogen (secondary N) is 1. The normalized spacial score (nSPS) is 20.8. The van der Waals surface area contributed by atoms with E-state index in [0.29, 0.717) is 18.4 Å². The number of primary sulfonamides is 1. The second-order valence-electron chi connectivity index (χ2n) is 5.02. The fraction of sp³-hybridized carbons (Fsp3) is 0.538. The van der Waals surface area contributed by atoms with Crippen molar-refractivity contribution in [1.82, 2.24) is 10.2 Å². The van der Waals surface area contributed by atoms with E-state index in [1.54, 1.807) is 12.1 Å². The van der Waals surface area contributed by atoms with Gasteiger partial charge in [0.15, 0.2) is 0 Å². The molecule has 1 unspecified atom stereocenters. The van der Waals surface area contributed by atoms with E-state index in [1.807, 2.05) is 0 Å². The first kappa shape index (κ1) is 15.2. The molecular formula is C13H21N3O3S. The van der Waals surface area contributed by atoms with Crippen LogP contribution in [0.5, 0.6) is 5.75 Å². The molecule has 20 heavy (non-hydrogen) atoms. The number of benzene rings is 1. The first-order valence-corrected chi connectivity index (χ1v) is 8.21. The maximum absolute atomic E-state index is 11.1. The van der Waals surface area contributed by atoms with Crippen LogP contribution in [-0.4, -0.2) is 52.1 Å². The standard InChI is InChI=1S/C13H21N3O3S/c1-11-10-16(7-6-15-11)8-9-19-12-2-4-13(5-3-12)20(14,17)18/h2-5,11,15H,6-10H2,1H3,(H2,14,17,18). The molecule has 1 atom stereocenters. The number of rotatable bonds is 5. The molecule has 3 N–H and O–H groups in total. The lowest BCUT2D eigenvalue weighted by Gasteiger charge is -2.31. The van der Waals surface area contributed by atoms with Gasteiger partial charge in [-0.2, -0.15) is 0 Å². The topological polar surface area (TPSA) is 84.7 Å². The van der Waals surface area contributed by atoms with Crippen molar-refractivity contribution in [2.75, 3.05) is 32.8 Å². The number of sulfonamides is 1. The van der Waals surface area contributed by atoms with E-state index >= 15 is 0 Å². The Kier molecular flexibility index (Phi) is 4.98. The molecule has 1 aliphatic rings. The molecule has 1 aromatic carbocycles. The summed E-state index contributed by atoms with van der Waals surface area (Å²) in [6, 6.07) is 6.67. The second kappa shape index (κ2) is 6.53. The van der Waals surface area contributed by atoms with Crippen LogP contribution in [-0.2, 0) is 10.0 Å². The predicted octanol–water partition coefficient (Wildman–Crippen LogP) is 0.00650. The van der Waals surface area contributed by atoms with E-state index < -0.39 is 10.0 Å². The molecule has 2 rings (SSSR count). The molecule has 0 amide bonds. The smallest absolute Gasteiger partial charge is 0.238 e. The summed E-state index contributed by atoms with van der Waals surface area (Å²) in [6.07, 6.45) is 0. The Morgan fingerprint density at radius 3 is 2.70 bits per heavy atom. The Hall–Kier alpha value is -1.15. The SMILES string of the molecule is CC1CN(CCOc2ccc(S(N)(=O)=O)cc2)CCN1. The molecular weight excluding hydrogens is 278 g/mol. The van der Waals surface area contributed by atoms with Crippen LogP contribution < -0.4 is 15.2 Å². The maximum Gasteiger partial charge on any atom is 0.238 e. The molecule has 7 heteroatoms. The third-order valence-corrected chi connectivity index (χ3v) is 4.21. The van der Waals surface area contributed by atoms with Gasteiger partial charge in [0.1, 0.15) is 12.4 Å². The van der Waals surface area contributed by atoms with Crippen molar-refractivity contribution < 1.29 is 13.2 Å². The molecule has 0 radical (unpaired) electrons. The van der Waals surface area contributed by atoms with Gasteiger partial charge in [-0.15, -0.1) is 0 Å². The second-order valence-corrected chi connectivity index (χ2v) is 6.58. The van der Waals surface area contributed by atoms with Gasteiger partial charge in [0.25, 0.3) is 0 Å². The van der Waals surface area contributed by atoms with Gasteiger partial charge in [-0.25, -0.2) is 13.6 Å². The lowest BCUT2D eigenvalue weighted by molar-refractivity contribution is 0.170. The van der Waals surface area contributed by atoms with Crippen LogP contribution >= 0.6 is 0 Å². The molecule has 1 aliphatic heterocycles. The quantitative estimate of drug-likeness (QED) is 0.800. The molecule has 0 aliphatic carbocycles. The molecule has 1 saturated heterocycles. The van der Waals surface area contributed by atoms with E-state index in [4.69, 9.17) is 9.88 Å². The van der Waals surface area contributed by atoms with Crippen LogP contribution in [0.4, 0.5) is 0 Å². The predicted molar refractivity (Wildman–Crippen MR) is 77.2 cm³/mol. The fourth-order valence-electron chi connectivity index (χ4n) is 2.23. The van der Waals surface area contributed by atoms with Gasteiger partial charge in [0.2, 0.25) is 10.0 Å². The zero-order chi connectivity index (χ0) is 14.6. The third kappa shape index (κ3) is 4.45. The Bertz CT molecular complexity index is 530. The number of nitrogens with zero attached hydrogens (tertiary/aromatic N) is 1. The van der Waals surface area contributed by atoms with Gasteiger partial charge in [0, 0.05) is 32.2 Å². The van der Waals surface area contributed by atoms with Gasteiger partial charge in [-0.05, 0) is 31.2 Å². The van der Waals surface area contributed by atoms with Crippen LogP contribution in [0, 0.1) is 0 Å². The summed E-state index contributed by atoms with van der Waals surface area (Å²) in [5.74, 6) is 0.653. The molecule has 0 aromatic heterocycles. The average molecular weight is 299 g/mol. The first-order chi connectivity index (χ1) is 9.45.